The summed E-state index contributed by atoms with van der Waals surface area (Å²) in [6.07, 6.45) is 5.71. The normalized spacial score (nSPS) is 14.8. The lowest BCUT2D eigenvalue weighted by Gasteiger charge is -2.16. The Balaban J connectivity index is 1.85. The number of nitrogens with zero attached hydrogens (tertiary/aromatic N) is 3. The Morgan fingerprint density at radius 2 is 1.85 bits per heavy atom. The van der Waals surface area contributed by atoms with E-state index in [-0.39, 0.29) is 5.69 Å². The molecular weight excluding hydrogens is 257 g/mol. The van der Waals surface area contributed by atoms with Gasteiger partial charge in [0.05, 0.1) is 6.61 Å². The third kappa shape index (κ3) is 2.49. The zero-order valence-electron chi connectivity index (χ0n) is 11.1. The molecule has 0 amide bonds. The van der Waals surface area contributed by atoms with Crippen molar-refractivity contribution in [1.82, 2.24) is 9.97 Å². The lowest BCUT2D eigenvalue weighted by Crippen LogP contribution is -2.18. The van der Waals surface area contributed by atoms with Crippen LogP contribution in [0.2, 0.25) is 0 Å². The lowest BCUT2D eigenvalue weighted by atomic mass is 10.1. The van der Waals surface area contributed by atoms with E-state index in [4.69, 9.17) is 5.11 Å². The number of aliphatic hydroxyl groups is 1. The smallest absolute Gasteiger partial charge is 0.147 e. The predicted octanol–water partition coefficient (Wildman–Crippen LogP) is 2.38. The highest BCUT2D eigenvalue weighted by Gasteiger charge is 2.13. The fourth-order valence-corrected chi connectivity index (χ4v) is 2.43. The van der Waals surface area contributed by atoms with Crippen molar-refractivity contribution in [1.29, 1.82) is 0 Å². The van der Waals surface area contributed by atoms with Crippen LogP contribution in [0, 0.1) is 5.82 Å². The first kappa shape index (κ1) is 13.0. The van der Waals surface area contributed by atoms with Gasteiger partial charge < -0.3 is 10.0 Å². The van der Waals surface area contributed by atoms with Gasteiger partial charge in [-0.25, -0.2) is 9.37 Å². The zero-order valence-corrected chi connectivity index (χ0v) is 11.1. The highest BCUT2D eigenvalue weighted by atomic mass is 19.1. The summed E-state index contributed by atoms with van der Waals surface area (Å²) in [5, 5.41) is 8.92. The molecule has 2 aromatic rings. The fraction of sp³-hybridized carbons (Fsp3) is 0.333. The minimum atomic E-state index is -0.492. The maximum Gasteiger partial charge on any atom is 0.147 e. The number of anilines is 1. The molecule has 3 heterocycles. The van der Waals surface area contributed by atoms with Crippen molar-refractivity contribution in [3.63, 3.8) is 0 Å². The highest BCUT2D eigenvalue weighted by molar-refractivity contribution is 5.63. The van der Waals surface area contributed by atoms with Crippen LogP contribution in [0.25, 0.3) is 11.1 Å². The van der Waals surface area contributed by atoms with Crippen LogP contribution in [-0.4, -0.2) is 28.2 Å². The fourth-order valence-electron chi connectivity index (χ4n) is 2.43. The van der Waals surface area contributed by atoms with Gasteiger partial charge in [0.25, 0.3) is 0 Å². The molecule has 5 heteroatoms. The van der Waals surface area contributed by atoms with Crippen LogP contribution in [0.4, 0.5) is 10.2 Å². The molecule has 1 aliphatic heterocycles. The number of hydrogen-bond donors (Lipinski definition) is 1. The summed E-state index contributed by atoms with van der Waals surface area (Å²) in [5.74, 6) is 0.472. The van der Waals surface area contributed by atoms with Gasteiger partial charge in [0.1, 0.15) is 17.3 Å². The van der Waals surface area contributed by atoms with Gasteiger partial charge in [-0.2, -0.15) is 0 Å². The lowest BCUT2D eigenvalue weighted by molar-refractivity contribution is 0.270. The Kier molecular flexibility index (Phi) is 3.60. The van der Waals surface area contributed by atoms with Crippen molar-refractivity contribution in [3.05, 3.63) is 42.1 Å². The molecule has 0 aliphatic carbocycles. The number of halogens is 1. The van der Waals surface area contributed by atoms with E-state index in [0.29, 0.717) is 5.56 Å². The monoisotopic (exact) mass is 273 g/mol. The molecule has 1 N–H and O–H groups in total. The van der Waals surface area contributed by atoms with Gasteiger partial charge in [-0.05, 0) is 31.0 Å². The average molecular weight is 273 g/mol. The predicted molar refractivity (Wildman–Crippen MR) is 74.8 cm³/mol. The second kappa shape index (κ2) is 5.54. The summed E-state index contributed by atoms with van der Waals surface area (Å²) in [4.78, 5) is 10.6. The number of pyridine rings is 2. The molecule has 0 aromatic carbocycles. The Labute approximate surface area is 116 Å². The second-order valence-electron chi connectivity index (χ2n) is 4.91. The van der Waals surface area contributed by atoms with E-state index in [0.717, 1.165) is 24.5 Å². The van der Waals surface area contributed by atoms with Crippen LogP contribution < -0.4 is 4.90 Å². The molecule has 104 valence electrons. The van der Waals surface area contributed by atoms with Gasteiger partial charge in [0, 0.05) is 36.6 Å². The topological polar surface area (TPSA) is 49.3 Å². The summed E-state index contributed by atoms with van der Waals surface area (Å²) < 4.78 is 13.6. The molecule has 20 heavy (non-hydrogen) atoms. The van der Waals surface area contributed by atoms with E-state index < -0.39 is 12.4 Å². The maximum atomic E-state index is 13.6. The van der Waals surface area contributed by atoms with Crippen LogP contribution in [0.15, 0.2) is 30.6 Å². The molecule has 0 spiro atoms. The SMILES string of the molecule is OCc1ncc(-c2ccc(N3CCCC3)nc2)cc1F. The van der Waals surface area contributed by atoms with Crippen molar-refractivity contribution in [2.75, 3.05) is 18.0 Å². The van der Waals surface area contributed by atoms with E-state index in [9.17, 15) is 4.39 Å². The molecule has 0 bridgehead atoms. The Morgan fingerprint density at radius 3 is 2.45 bits per heavy atom. The van der Waals surface area contributed by atoms with Gasteiger partial charge >= 0.3 is 0 Å². The number of rotatable bonds is 3. The third-order valence-corrected chi connectivity index (χ3v) is 3.58. The van der Waals surface area contributed by atoms with Crippen molar-refractivity contribution in [2.45, 2.75) is 19.4 Å². The van der Waals surface area contributed by atoms with E-state index in [1.54, 1.807) is 12.4 Å². The Morgan fingerprint density at radius 1 is 1.10 bits per heavy atom. The number of aliphatic hydroxyl groups excluding tert-OH is 1. The van der Waals surface area contributed by atoms with Crippen LogP contribution in [-0.2, 0) is 6.61 Å². The first-order chi connectivity index (χ1) is 9.78. The summed E-state index contributed by atoms with van der Waals surface area (Å²) in [6.45, 7) is 1.71. The van der Waals surface area contributed by atoms with Crippen LogP contribution in [0.3, 0.4) is 0 Å². The van der Waals surface area contributed by atoms with E-state index in [2.05, 4.69) is 14.9 Å². The highest BCUT2D eigenvalue weighted by Crippen LogP contribution is 2.23. The number of aromatic nitrogens is 2. The summed E-state index contributed by atoms with van der Waals surface area (Å²) >= 11 is 0. The first-order valence-corrected chi connectivity index (χ1v) is 6.74. The first-order valence-electron chi connectivity index (χ1n) is 6.74. The molecule has 0 radical (unpaired) electrons. The molecule has 1 aliphatic rings. The van der Waals surface area contributed by atoms with Crippen molar-refractivity contribution < 1.29 is 9.50 Å². The molecule has 3 rings (SSSR count). The zero-order chi connectivity index (χ0) is 13.9. The quantitative estimate of drug-likeness (QED) is 0.932. The van der Waals surface area contributed by atoms with Gasteiger partial charge in [-0.3, -0.25) is 4.98 Å². The van der Waals surface area contributed by atoms with Crippen LogP contribution in [0.5, 0.6) is 0 Å². The van der Waals surface area contributed by atoms with Crippen molar-refractivity contribution >= 4 is 5.82 Å². The third-order valence-electron chi connectivity index (χ3n) is 3.58. The summed E-state index contributed by atoms with van der Waals surface area (Å²) in [7, 11) is 0. The molecule has 0 unspecified atom stereocenters. The Bertz CT molecular complexity index is 595. The summed E-state index contributed by atoms with van der Waals surface area (Å²) in [5.41, 5.74) is 1.56. The van der Waals surface area contributed by atoms with Crippen LogP contribution >= 0.6 is 0 Å². The standard InChI is InChI=1S/C15H16FN3O/c16-13-7-12(9-17-14(13)10-20)11-3-4-15(18-8-11)19-5-1-2-6-19/h3-4,7-9,20H,1-2,5-6,10H2. The molecule has 1 saturated heterocycles. The van der Waals surface area contributed by atoms with Gasteiger partial charge in [0.2, 0.25) is 0 Å². The average Bonchev–Trinajstić information content (AvgIpc) is 3.01. The van der Waals surface area contributed by atoms with Gasteiger partial charge in [-0.1, -0.05) is 0 Å². The molecule has 1 fully saturated rings. The largest absolute Gasteiger partial charge is 0.390 e. The van der Waals surface area contributed by atoms with E-state index in [1.165, 1.54) is 18.9 Å². The van der Waals surface area contributed by atoms with E-state index in [1.807, 2.05) is 12.1 Å². The van der Waals surface area contributed by atoms with Gasteiger partial charge in [-0.15, -0.1) is 0 Å². The van der Waals surface area contributed by atoms with Crippen molar-refractivity contribution in [2.24, 2.45) is 0 Å². The summed E-state index contributed by atoms with van der Waals surface area (Å²) in [6, 6.07) is 5.26. The van der Waals surface area contributed by atoms with Crippen LogP contribution in [0.1, 0.15) is 18.5 Å². The number of hydrogen-bond acceptors (Lipinski definition) is 4. The Hall–Kier alpha value is -2.01. The molecule has 0 saturated carbocycles. The molecule has 4 nitrogen and oxygen atoms in total. The molecule has 2 aromatic heterocycles. The second-order valence-corrected chi connectivity index (χ2v) is 4.91. The van der Waals surface area contributed by atoms with Gasteiger partial charge in [0.15, 0.2) is 0 Å². The molecular formula is C15H16FN3O. The minimum Gasteiger partial charge on any atom is -0.390 e. The molecule has 0 atom stereocenters. The minimum absolute atomic E-state index is 0.0652. The maximum absolute atomic E-state index is 13.6. The van der Waals surface area contributed by atoms with E-state index >= 15 is 0 Å². The van der Waals surface area contributed by atoms with Crippen molar-refractivity contribution in [3.8, 4) is 11.1 Å².